The zero-order chi connectivity index (χ0) is 25.8. The molecule has 10 heteroatoms. The van der Waals surface area contributed by atoms with E-state index < -0.39 is 6.04 Å². The minimum absolute atomic E-state index is 0.0109. The van der Waals surface area contributed by atoms with Crippen molar-refractivity contribution in [3.63, 3.8) is 0 Å². The lowest BCUT2D eigenvalue weighted by atomic mass is 10.1. The Morgan fingerprint density at radius 3 is 2.78 bits per heavy atom. The Morgan fingerprint density at radius 2 is 2.03 bits per heavy atom. The van der Waals surface area contributed by atoms with E-state index >= 15 is 0 Å². The number of rotatable bonds is 9. The number of aromatic nitrogens is 3. The number of fused-ring (bicyclic) bond motifs is 1. The van der Waals surface area contributed by atoms with Gasteiger partial charge in [-0.3, -0.25) is 9.59 Å². The van der Waals surface area contributed by atoms with Crippen molar-refractivity contribution in [2.75, 3.05) is 13.2 Å². The number of benzene rings is 2. The second-order valence-electron chi connectivity index (χ2n) is 9.10. The summed E-state index contributed by atoms with van der Waals surface area (Å²) < 4.78 is 7.27. The largest absolute Gasteiger partial charge is 0.376 e. The van der Waals surface area contributed by atoms with Gasteiger partial charge in [0.25, 0.3) is 0 Å². The van der Waals surface area contributed by atoms with Gasteiger partial charge in [0.1, 0.15) is 18.1 Å². The van der Waals surface area contributed by atoms with Crippen LogP contribution in [0.4, 0.5) is 0 Å². The van der Waals surface area contributed by atoms with Crippen LogP contribution in [0.2, 0.25) is 5.02 Å². The average Bonchev–Trinajstić information content (AvgIpc) is 3.66. The van der Waals surface area contributed by atoms with Gasteiger partial charge in [0.15, 0.2) is 0 Å². The predicted molar refractivity (Wildman–Crippen MR) is 143 cm³/mol. The lowest BCUT2D eigenvalue weighted by Crippen LogP contribution is -2.46. The fourth-order valence-corrected chi connectivity index (χ4v) is 5.80. The lowest BCUT2D eigenvalue weighted by molar-refractivity contribution is -0.142. The molecule has 2 aromatic carbocycles. The van der Waals surface area contributed by atoms with Crippen LogP contribution in [-0.2, 0) is 27.4 Å². The third kappa shape index (κ3) is 5.69. The van der Waals surface area contributed by atoms with E-state index in [1.54, 1.807) is 15.6 Å². The summed E-state index contributed by atoms with van der Waals surface area (Å²) >= 11 is 7.96. The van der Waals surface area contributed by atoms with Gasteiger partial charge >= 0.3 is 0 Å². The number of amides is 2. The topological polar surface area (TPSA) is 89.4 Å². The van der Waals surface area contributed by atoms with Crippen molar-refractivity contribution in [2.24, 2.45) is 0 Å². The standard InChI is InChI=1S/C27H28ClN5O3S/c1-18-12-14-37-26(18)25(27(35)29-15-20-8-6-13-36-20)32(16-19-7-2-3-9-21(19)28)24(34)17-33-23-11-5-4-10-22(23)30-31-33/h2-5,7,9-12,14,20,25H,6,8,13,15-17H2,1H3,(H,29,35)/t20-,25+/m0/s1. The molecule has 0 bridgehead atoms. The molecular formula is C27H28ClN5O3S. The summed E-state index contributed by atoms with van der Waals surface area (Å²) in [5, 5.41) is 13.9. The van der Waals surface area contributed by atoms with Crippen molar-refractivity contribution in [1.82, 2.24) is 25.2 Å². The van der Waals surface area contributed by atoms with Crippen LogP contribution in [0.1, 0.15) is 34.9 Å². The van der Waals surface area contributed by atoms with Gasteiger partial charge in [-0.15, -0.1) is 16.4 Å². The monoisotopic (exact) mass is 537 g/mol. The maximum absolute atomic E-state index is 14.0. The van der Waals surface area contributed by atoms with E-state index in [2.05, 4.69) is 15.6 Å². The van der Waals surface area contributed by atoms with Gasteiger partial charge in [0.05, 0.1) is 11.6 Å². The van der Waals surface area contributed by atoms with Crippen molar-refractivity contribution in [3.8, 4) is 0 Å². The highest BCUT2D eigenvalue weighted by Gasteiger charge is 2.34. The summed E-state index contributed by atoms with van der Waals surface area (Å²) in [4.78, 5) is 30.2. The smallest absolute Gasteiger partial charge is 0.248 e. The minimum atomic E-state index is -0.833. The van der Waals surface area contributed by atoms with Crippen LogP contribution >= 0.6 is 22.9 Å². The van der Waals surface area contributed by atoms with Crippen LogP contribution < -0.4 is 5.32 Å². The number of para-hydroxylation sites is 1. The highest BCUT2D eigenvalue weighted by atomic mass is 35.5. The molecule has 8 nitrogen and oxygen atoms in total. The van der Waals surface area contributed by atoms with Crippen LogP contribution in [0, 0.1) is 6.92 Å². The van der Waals surface area contributed by atoms with E-state index in [1.807, 2.05) is 60.8 Å². The molecule has 37 heavy (non-hydrogen) atoms. The van der Waals surface area contributed by atoms with Crippen LogP contribution in [-0.4, -0.2) is 51.0 Å². The summed E-state index contributed by atoms with van der Waals surface area (Å²) in [6.45, 7) is 3.17. The fourth-order valence-electron chi connectivity index (χ4n) is 4.57. The fraction of sp³-hybridized carbons (Fsp3) is 0.333. The number of carbonyl (C=O) groups excluding carboxylic acids is 2. The molecule has 2 aromatic heterocycles. The van der Waals surface area contributed by atoms with Gasteiger partial charge in [-0.25, -0.2) is 4.68 Å². The van der Waals surface area contributed by atoms with E-state index in [4.69, 9.17) is 16.3 Å². The molecule has 1 saturated heterocycles. The molecule has 1 aliphatic heterocycles. The van der Waals surface area contributed by atoms with Crippen molar-refractivity contribution < 1.29 is 14.3 Å². The Kier molecular flexibility index (Phi) is 7.83. The van der Waals surface area contributed by atoms with E-state index in [0.29, 0.717) is 23.7 Å². The molecule has 2 amide bonds. The molecule has 0 aliphatic carbocycles. The van der Waals surface area contributed by atoms with Crippen molar-refractivity contribution in [1.29, 1.82) is 0 Å². The molecule has 5 rings (SSSR count). The van der Waals surface area contributed by atoms with E-state index in [-0.39, 0.29) is 31.0 Å². The second kappa shape index (κ2) is 11.4. The second-order valence-corrected chi connectivity index (χ2v) is 10.5. The molecule has 0 unspecified atom stereocenters. The van der Waals surface area contributed by atoms with Crippen LogP contribution in [0.3, 0.4) is 0 Å². The van der Waals surface area contributed by atoms with Gasteiger partial charge in [0.2, 0.25) is 11.8 Å². The summed E-state index contributed by atoms with van der Waals surface area (Å²) in [7, 11) is 0. The maximum atomic E-state index is 14.0. The SMILES string of the molecule is Cc1ccsc1[C@H](C(=O)NC[C@@H]1CCCO1)N(Cc1ccccc1Cl)C(=O)Cn1nnc2ccccc21. The Bertz CT molecular complexity index is 1400. The van der Waals surface area contributed by atoms with Gasteiger partial charge in [-0.1, -0.05) is 47.1 Å². The number of hydrogen-bond acceptors (Lipinski definition) is 6. The quantitative estimate of drug-likeness (QED) is 0.339. The number of ether oxygens (including phenoxy) is 1. The molecule has 192 valence electrons. The normalized spacial score (nSPS) is 16.1. The molecule has 2 atom stereocenters. The number of nitrogens with one attached hydrogen (secondary N) is 1. The van der Waals surface area contributed by atoms with E-state index in [0.717, 1.165) is 34.4 Å². The average molecular weight is 538 g/mol. The van der Waals surface area contributed by atoms with Gasteiger partial charge in [-0.2, -0.15) is 0 Å². The Labute approximate surface area is 224 Å². The van der Waals surface area contributed by atoms with Crippen LogP contribution in [0.15, 0.2) is 60.0 Å². The molecule has 1 N–H and O–H groups in total. The number of carbonyl (C=O) groups is 2. The molecule has 4 aromatic rings. The molecule has 0 saturated carbocycles. The molecule has 3 heterocycles. The zero-order valence-electron chi connectivity index (χ0n) is 20.5. The van der Waals surface area contributed by atoms with E-state index in [1.165, 1.54) is 11.3 Å². The van der Waals surface area contributed by atoms with Gasteiger partial charge in [0, 0.05) is 29.6 Å². The van der Waals surface area contributed by atoms with Crippen molar-refractivity contribution >= 4 is 45.8 Å². The third-order valence-corrected chi connectivity index (χ3v) is 8.00. The number of hydrogen-bond donors (Lipinski definition) is 1. The lowest BCUT2D eigenvalue weighted by Gasteiger charge is -2.32. The van der Waals surface area contributed by atoms with Gasteiger partial charge in [-0.05, 0) is 60.5 Å². The Morgan fingerprint density at radius 1 is 1.22 bits per heavy atom. The number of aryl methyl sites for hydroxylation is 1. The molecular weight excluding hydrogens is 510 g/mol. The predicted octanol–water partition coefficient (Wildman–Crippen LogP) is 4.52. The summed E-state index contributed by atoms with van der Waals surface area (Å²) in [6, 6.07) is 16.0. The van der Waals surface area contributed by atoms with Crippen LogP contribution in [0.25, 0.3) is 11.0 Å². The number of nitrogens with zero attached hydrogens (tertiary/aromatic N) is 4. The molecule has 1 aliphatic rings. The third-order valence-electron chi connectivity index (χ3n) is 6.56. The highest BCUT2D eigenvalue weighted by Crippen LogP contribution is 2.32. The first-order valence-corrected chi connectivity index (χ1v) is 13.5. The maximum Gasteiger partial charge on any atom is 0.248 e. The van der Waals surface area contributed by atoms with Crippen molar-refractivity contribution in [3.05, 3.63) is 81.0 Å². The first kappa shape index (κ1) is 25.4. The van der Waals surface area contributed by atoms with Crippen LogP contribution in [0.5, 0.6) is 0 Å². The summed E-state index contributed by atoms with van der Waals surface area (Å²) in [6.07, 6.45) is 1.88. The first-order valence-electron chi connectivity index (χ1n) is 12.3. The van der Waals surface area contributed by atoms with E-state index in [9.17, 15) is 9.59 Å². The number of halogens is 1. The minimum Gasteiger partial charge on any atom is -0.376 e. The Balaban J connectivity index is 1.50. The number of thiophene rings is 1. The zero-order valence-corrected chi connectivity index (χ0v) is 22.0. The van der Waals surface area contributed by atoms with Crippen molar-refractivity contribution in [2.45, 2.75) is 45.0 Å². The molecule has 0 radical (unpaired) electrons. The summed E-state index contributed by atoms with van der Waals surface area (Å²) in [5.74, 6) is -0.509. The molecule has 1 fully saturated rings. The first-order chi connectivity index (χ1) is 18.0. The summed E-state index contributed by atoms with van der Waals surface area (Å²) in [5.41, 5.74) is 3.16. The Hall–Kier alpha value is -3.27. The highest BCUT2D eigenvalue weighted by molar-refractivity contribution is 7.10. The van der Waals surface area contributed by atoms with Gasteiger partial charge < -0.3 is 15.0 Å². The molecule has 0 spiro atoms.